The van der Waals surface area contributed by atoms with Crippen molar-refractivity contribution in [3.8, 4) is 17.2 Å². The number of pyridine rings is 1. The van der Waals surface area contributed by atoms with Crippen LogP contribution in [0.25, 0.3) is 11.1 Å². The maximum absolute atomic E-state index is 13.0. The second-order valence-electron chi connectivity index (χ2n) is 8.05. The molecule has 0 aliphatic heterocycles. The van der Waals surface area contributed by atoms with Gasteiger partial charge in [0.1, 0.15) is 29.7 Å². The second-order valence-corrected chi connectivity index (χ2v) is 8.05. The summed E-state index contributed by atoms with van der Waals surface area (Å²) < 4.78 is 27.8. The summed E-state index contributed by atoms with van der Waals surface area (Å²) in [5.74, 6) is -0.453. The van der Waals surface area contributed by atoms with E-state index >= 15 is 0 Å². The highest BCUT2D eigenvalue weighted by atomic mass is 16.6. The summed E-state index contributed by atoms with van der Waals surface area (Å²) in [4.78, 5) is 42.5. The number of hydrogen-bond donors (Lipinski definition) is 0. The predicted molar refractivity (Wildman–Crippen MR) is 124 cm³/mol. The number of rotatable bonds is 9. The lowest BCUT2D eigenvalue weighted by Gasteiger charge is -2.29. The van der Waals surface area contributed by atoms with Crippen LogP contribution in [0.2, 0.25) is 0 Å². The van der Waals surface area contributed by atoms with Crippen molar-refractivity contribution >= 4 is 17.1 Å². The Morgan fingerprint density at radius 3 is 2.21 bits per heavy atom. The molecule has 0 radical (unpaired) electrons. The number of benzene rings is 1. The Balaban J connectivity index is 1.84. The van der Waals surface area contributed by atoms with Gasteiger partial charge < -0.3 is 23.4 Å². The van der Waals surface area contributed by atoms with E-state index < -0.39 is 35.5 Å². The SMILES string of the molecule is COc1ccc(O[C@@H](C)[C@H](OC(=O)[C@H](C)n2c(=O)oc3c(OC)ccnc3c2=O)C(C)C)cc1. The van der Waals surface area contributed by atoms with E-state index in [-0.39, 0.29) is 22.8 Å². The maximum atomic E-state index is 13.0. The molecule has 182 valence electrons. The van der Waals surface area contributed by atoms with Crippen LogP contribution in [0.3, 0.4) is 0 Å². The molecule has 0 N–H and O–H groups in total. The van der Waals surface area contributed by atoms with Gasteiger partial charge >= 0.3 is 11.7 Å². The van der Waals surface area contributed by atoms with E-state index in [4.69, 9.17) is 23.4 Å². The van der Waals surface area contributed by atoms with Crippen molar-refractivity contribution in [2.75, 3.05) is 14.2 Å². The van der Waals surface area contributed by atoms with Crippen molar-refractivity contribution in [2.45, 2.75) is 45.9 Å². The highest BCUT2D eigenvalue weighted by Gasteiger charge is 2.31. The molecule has 10 nitrogen and oxygen atoms in total. The molecule has 34 heavy (non-hydrogen) atoms. The minimum atomic E-state index is -1.25. The molecule has 0 fully saturated rings. The monoisotopic (exact) mass is 472 g/mol. The van der Waals surface area contributed by atoms with Crippen molar-refractivity contribution in [2.24, 2.45) is 5.92 Å². The Kier molecular flexibility index (Phi) is 7.60. The lowest BCUT2D eigenvalue weighted by Crippen LogP contribution is -2.43. The van der Waals surface area contributed by atoms with Crippen LogP contribution in [0.15, 0.2) is 50.5 Å². The van der Waals surface area contributed by atoms with E-state index in [0.717, 1.165) is 0 Å². The third kappa shape index (κ3) is 5.05. The molecule has 2 heterocycles. The highest BCUT2D eigenvalue weighted by Crippen LogP contribution is 2.23. The third-order valence-corrected chi connectivity index (χ3v) is 5.38. The number of ether oxygens (including phenoxy) is 4. The summed E-state index contributed by atoms with van der Waals surface area (Å²) in [6.07, 6.45) is 0.182. The molecule has 3 aromatic rings. The number of esters is 1. The number of methoxy groups -OCH3 is 2. The molecule has 2 aromatic heterocycles. The number of nitrogens with zero attached hydrogens (tertiary/aromatic N) is 2. The summed E-state index contributed by atoms with van der Waals surface area (Å²) in [6.45, 7) is 6.92. The largest absolute Gasteiger partial charge is 0.497 e. The molecule has 3 atom stereocenters. The summed E-state index contributed by atoms with van der Waals surface area (Å²) in [7, 11) is 2.95. The van der Waals surface area contributed by atoms with Gasteiger partial charge in [0.15, 0.2) is 11.3 Å². The van der Waals surface area contributed by atoms with Crippen molar-refractivity contribution in [3.05, 3.63) is 57.4 Å². The van der Waals surface area contributed by atoms with Crippen molar-refractivity contribution in [1.82, 2.24) is 9.55 Å². The first kappa shape index (κ1) is 24.8. The van der Waals surface area contributed by atoms with Crippen LogP contribution in [-0.4, -0.2) is 41.9 Å². The standard InChI is InChI=1S/C24H28N2O8/c1-13(2)20(15(4)32-17-9-7-16(30-5)8-10-17)33-23(28)14(3)26-22(27)19-21(34-24(26)29)18(31-6)11-12-25-19/h7-15,20H,1-6H3/t14-,15-,20+/m0/s1. The Labute approximate surface area is 196 Å². The van der Waals surface area contributed by atoms with Gasteiger partial charge in [-0.3, -0.25) is 4.79 Å². The molecule has 3 rings (SSSR count). The molecule has 0 amide bonds. The minimum Gasteiger partial charge on any atom is -0.497 e. The van der Waals surface area contributed by atoms with E-state index in [0.29, 0.717) is 16.1 Å². The van der Waals surface area contributed by atoms with Crippen LogP contribution < -0.4 is 25.5 Å². The average Bonchev–Trinajstić information content (AvgIpc) is 2.82. The predicted octanol–water partition coefficient (Wildman–Crippen LogP) is 2.96. The summed E-state index contributed by atoms with van der Waals surface area (Å²) in [6, 6.07) is 7.22. The number of carbonyl (C=O) groups is 1. The fraction of sp³-hybridized carbons (Fsp3) is 0.417. The van der Waals surface area contributed by atoms with Crippen LogP contribution in [0.5, 0.6) is 17.2 Å². The van der Waals surface area contributed by atoms with Crippen LogP contribution in [0, 0.1) is 5.92 Å². The van der Waals surface area contributed by atoms with E-state index in [2.05, 4.69) is 4.98 Å². The second kappa shape index (κ2) is 10.4. The third-order valence-electron chi connectivity index (χ3n) is 5.38. The van der Waals surface area contributed by atoms with Gasteiger partial charge in [0, 0.05) is 12.3 Å². The Hall–Kier alpha value is -3.82. The maximum Gasteiger partial charge on any atom is 0.423 e. The zero-order chi connectivity index (χ0) is 25.0. The number of hydrogen-bond acceptors (Lipinski definition) is 9. The van der Waals surface area contributed by atoms with Gasteiger partial charge in [0.25, 0.3) is 5.56 Å². The Morgan fingerprint density at radius 2 is 1.62 bits per heavy atom. The topological polar surface area (TPSA) is 119 Å². The molecule has 1 aromatic carbocycles. The van der Waals surface area contributed by atoms with Crippen LogP contribution in [-0.2, 0) is 9.53 Å². The minimum absolute atomic E-state index is 0.0848. The van der Waals surface area contributed by atoms with Gasteiger partial charge in [-0.2, -0.15) is 0 Å². The van der Waals surface area contributed by atoms with Gasteiger partial charge in [-0.05, 0) is 44.0 Å². The Morgan fingerprint density at radius 1 is 0.971 bits per heavy atom. The molecular weight excluding hydrogens is 444 g/mol. The summed E-state index contributed by atoms with van der Waals surface area (Å²) >= 11 is 0. The fourth-order valence-electron chi connectivity index (χ4n) is 3.56. The normalized spacial score (nSPS) is 13.9. The van der Waals surface area contributed by atoms with Crippen LogP contribution >= 0.6 is 0 Å². The molecule has 0 aliphatic carbocycles. The van der Waals surface area contributed by atoms with Gasteiger partial charge in [-0.15, -0.1) is 0 Å². The fourth-order valence-corrected chi connectivity index (χ4v) is 3.56. The molecule has 0 saturated heterocycles. The van der Waals surface area contributed by atoms with E-state index in [1.54, 1.807) is 38.3 Å². The molecule has 0 spiro atoms. The summed E-state index contributed by atoms with van der Waals surface area (Å²) in [5, 5.41) is 0. The number of fused-ring (bicyclic) bond motifs is 1. The van der Waals surface area contributed by atoms with Crippen molar-refractivity contribution in [3.63, 3.8) is 0 Å². The summed E-state index contributed by atoms with van der Waals surface area (Å²) in [5.41, 5.74) is -0.994. The quantitative estimate of drug-likeness (QED) is 0.433. The number of aromatic nitrogens is 2. The molecule has 0 bridgehead atoms. The van der Waals surface area contributed by atoms with Crippen LogP contribution in [0.1, 0.15) is 33.7 Å². The average molecular weight is 472 g/mol. The first-order valence-electron chi connectivity index (χ1n) is 10.8. The first-order valence-corrected chi connectivity index (χ1v) is 10.8. The van der Waals surface area contributed by atoms with E-state index in [9.17, 15) is 14.4 Å². The van der Waals surface area contributed by atoms with Gasteiger partial charge in [0.2, 0.25) is 5.58 Å². The van der Waals surface area contributed by atoms with E-state index in [1.165, 1.54) is 26.3 Å². The number of carbonyl (C=O) groups excluding carboxylic acids is 1. The van der Waals surface area contributed by atoms with E-state index in [1.807, 2.05) is 13.8 Å². The molecule has 0 aliphatic rings. The highest BCUT2D eigenvalue weighted by molar-refractivity contribution is 5.78. The van der Waals surface area contributed by atoms with Gasteiger partial charge in [0.05, 0.1) is 14.2 Å². The Bertz CT molecular complexity index is 1260. The smallest absolute Gasteiger partial charge is 0.423 e. The molecule has 0 saturated carbocycles. The van der Waals surface area contributed by atoms with Gasteiger partial charge in [-0.25, -0.2) is 19.1 Å². The van der Waals surface area contributed by atoms with Crippen molar-refractivity contribution < 1.29 is 28.2 Å². The van der Waals surface area contributed by atoms with Crippen LogP contribution in [0.4, 0.5) is 0 Å². The zero-order valence-electron chi connectivity index (χ0n) is 19.9. The lowest BCUT2D eigenvalue weighted by molar-refractivity contribution is -0.160. The van der Waals surface area contributed by atoms with Gasteiger partial charge in [-0.1, -0.05) is 13.8 Å². The lowest BCUT2D eigenvalue weighted by atomic mass is 10.0. The molecule has 0 unspecified atom stereocenters. The molecular formula is C24H28N2O8. The zero-order valence-corrected chi connectivity index (χ0v) is 19.9. The van der Waals surface area contributed by atoms with Crippen molar-refractivity contribution in [1.29, 1.82) is 0 Å². The molecule has 10 heteroatoms. The first-order chi connectivity index (χ1) is 16.2.